The Hall–Kier alpha value is -4.85. The number of phenolic OH excluding ortho intramolecular Hbond substituents is 2. The summed E-state index contributed by atoms with van der Waals surface area (Å²) in [6, 6.07) is 0.134. The first kappa shape index (κ1) is 36.9. The topological polar surface area (TPSA) is 250 Å². The molecule has 0 radical (unpaired) electrons. The minimum absolute atomic E-state index is 0.0289. The number of thioether (sulfide) groups is 1. The number of fused-ring (bicyclic) bond motifs is 2. The number of aromatic hydroxyl groups is 2. The molecule has 2 fully saturated rings. The third-order valence-electron chi connectivity index (χ3n) is 9.73. The molecule has 20 heteroatoms. The minimum Gasteiger partial charge on any atom is -0.504 e. The normalized spacial score (nSPS) is 21.2. The number of phenols is 2. The molecule has 3 atom stereocenters. The lowest BCUT2D eigenvalue weighted by molar-refractivity contribution is -0.911. The van der Waals surface area contributed by atoms with Crippen LogP contribution in [0.1, 0.15) is 42.7 Å². The quantitative estimate of drug-likeness (QED) is 0.0366. The highest BCUT2D eigenvalue weighted by atomic mass is 35.5. The highest BCUT2D eigenvalue weighted by Crippen LogP contribution is 2.45. The molecule has 2 aromatic heterocycles. The van der Waals surface area contributed by atoms with Gasteiger partial charge in [0.15, 0.2) is 22.3 Å². The van der Waals surface area contributed by atoms with Gasteiger partial charge in [-0.2, -0.15) is 0 Å². The van der Waals surface area contributed by atoms with Gasteiger partial charge < -0.3 is 45.9 Å². The van der Waals surface area contributed by atoms with Crippen molar-refractivity contribution in [3.63, 3.8) is 0 Å². The predicted octanol–water partition coefficient (Wildman–Crippen LogP) is 1.47. The van der Waals surface area contributed by atoms with Crippen molar-refractivity contribution >= 4 is 80.1 Å². The number of amides is 3. The summed E-state index contributed by atoms with van der Waals surface area (Å²) < 4.78 is 2.01. The molecule has 0 spiro atoms. The molecule has 1 aromatic carbocycles. The Morgan fingerprint density at radius 3 is 2.54 bits per heavy atom. The third kappa shape index (κ3) is 6.41. The van der Waals surface area contributed by atoms with Crippen molar-refractivity contribution in [2.24, 2.45) is 5.16 Å². The van der Waals surface area contributed by atoms with Crippen LogP contribution in [0.4, 0.5) is 5.13 Å². The van der Waals surface area contributed by atoms with Crippen molar-refractivity contribution in [2.75, 3.05) is 38.5 Å². The van der Waals surface area contributed by atoms with Gasteiger partial charge in [-0.05, 0) is 13.8 Å². The van der Waals surface area contributed by atoms with E-state index in [4.69, 9.17) is 17.3 Å². The Morgan fingerprint density at radius 1 is 1.21 bits per heavy atom. The van der Waals surface area contributed by atoms with Gasteiger partial charge >= 0.3 is 5.97 Å². The van der Waals surface area contributed by atoms with Crippen molar-refractivity contribution in [2.45, 2.75) is 49.9 Å². The van der Waals surface area contributed by atoms with Gasteiger partial charge in [-0.1, -0.05) is 16.8 Å². The summed E-state index contributed by atoms with van der Waals surface area (Å²) in [7, 11) is 0. The second kappa shape index (κ2) is 14.3. The number of nitrogens with zero attached hydrogens (tertiary/aromatic N) is 5. The van der Waals surface area contributed by atoms with Crippen molar-refractivity contribution in [3.8, 4) is 11.5 Å². The summed E-state index contributed by atoms with van der Waals surface area (Å²) in [5.74, 6) is -4.59. The van der Waals surface area contributed by atoms with E-state index in [1.54, 1.807) is 11.5 Å². The van der Waals surface area contributed by atoms with Crippen molar-refractivity contribution in [3.05, 3.63) is 55.4 Å². The van der Waals surface area contributed by atoms with Gasteiger partial charge in [-0.25, -0.2) is 9.78 Å². The van der Waals surface area contributed by atoms with Crippen molar-refractivity contribution in [1.29, 1.82) is 0 Å². The number of nitrogen functional groups attached to an aromatic ring is 1. The van der Waals surface area contributed by atoms with E-state index in [0.717, 1.165) is 24.2 Å². The van der Waals surface area contributed by atoms with Crippen molar-refractivity contribution < 1.29 is 44.2 Å². The molecule has 0 aliphatic carbocycles. The van der Waals surface area contributed by atoms with Crippen LogP contribution < -0.4 is 21.8 Å². The lowest BCUT2D eigenvalue weighted by Crippen LogP contribution is -2.71. The Bertz CT molecular complexity index is 2130. The number of carbonyl (C=O) groups excluding carboxylic acids is 3. The van der Waals surface area contributed by atoms with Crippen LogP contribution in [0.2, 0.25) is 5.02 Å². The highest BCUT2D eigenvalue weighted by Gasteiger charge is 2.56. The molecule has 0 unspecified atom stereocenters. The van der Waals surface area contributed by atoms with E-state index in [-0.39, 0.29) is 49.8 Å². The number of hydrogen-bond acceptors (Lipinski definition) is 13. The molecule has 52 heavy (non-hydrogen) atoms. The summed E-state index contributed by atoms with van der Waals surface area (Å²) in [6.07, 6.45) is 3.11. The van der Waals surface area contributed by atoms with Crippen LogP contribution in [0, 0.1) is 0 Å². The number of rotatable bonds is 11. The number of hydrogen-bond donors (Lipinski definition) is 7. The maximum absolute atomic E-state index is 13.4. The zero-order chi connectivity index (χ0) is 37.6. The molecular formula is C32H36ClN8O9S2+. The number of aromatic nitrogens is 2. The van der Waals surface area contributed by atoms with Crippen molar-refractivity contribution in [1.82, 2.24) is 25.1 Å². The molecular weight excluding hydrogens is 740 g/mol. The number of oxime groups is 1. The Labute approximate surface area is 308 Å². The number of carbonyl (C=O) groups is 4. The second-order valence-electron chi connectivity index (χ2n) is 12.8. The number of carboxylic acid groups (broad SMARTS) is 1. The predicted molar refractivity (Wildman–Crippen MR) is 193 cm³/mol. The number of pyridine rings is 1. The zero-order valence-corrected chi connectivity index (χ0v) is 30.3. The van der Waals surface area contributed by atoms with Gasteiger partial charge in [0.1, 0.15) is 34.9 Å². The molecule has 0 saturated carbocycles. The smallest absolute Gasteiger partial charge is 0.352 e. The monoisotopic (exact) mass is 775 g/mol. The number of quaternary nitrogens is 1. The molecule has 3 amide bonds. The average molecular weight is 776 g/mol. The number of aryl methyl sites for hydroxylation is 1. The lowest BCUT2D eigenvalue weighted by atomic mass is 9.99. The lowest BCUT2D eigenvalue weighted by Gasteiger charge is -2.51. The van der Waals surface area contributed by atoms with Gasteiger partial charge in [0.2, 0.25) is 5.43 Å². The first-order valence-electron chi connectivity index (χ1n) is 16.3. The number of carboxylic acids is 1. The molecule has 3 aromatic rings. The SMILES string of the molecule is CCn1cc(C(=O)NCC[N+]2(CC3=C(C(=O)O)N4C(=O)[C@@H](NC(=O)/C(=N\O)c5csc(N)n5)[C@H]4S[C@H]3C)CCCC2)c(=O)c2c(Cl)c(O)c(O)cc21. The van der Waals surface area contributed by atoms with E-state index >= 15 is 0 Å². The van der Waals surface area contributed by atoms with E-state index in [0.29, 0.717) is 42.8 Å². The van der Waals surface area contributed by atoms with Crippen LogP contribution in [0.25, 0.3) is 10.9 Å². The van der Waals surface area contributed by atoms with Crippen LogP contribution in [-0.4, -0.2) is 118 Å². The first-order chi connectivity index (χ1) is 24.7. The van der Waals surface area contributed by atoms with Gasteiger partial charge in [-0.3, -0.25) is 24.1 Å². The average Bonchev–Trinajstić information content (AvgIpc) is 3.76. The Kier molecular flexibility index (Phi) is 10.1. The van der Waals surface area contributed by atoms with Crippen LogP contribution >= 0.6 is 34.7 Å². The fourth-order valence-corrected chi connectivity index (χ4v) is 9.37. The molecule has 276 valence electrons. The van der Waals surface area contributed by atoms with E-state index in [1.165, 1.54) is 34.3 Å². The van der Waals surface area contributed by atoms with Crippen LogP contribution in [0.5, 0.6) is 11.5 Å². The van der Waals surface area contributed by atoms with Crippen LogP contribution in [0.3, 0.4) is 0 Å². The molecule has 17 nitrogen and oxygen atoms in total. The van der Waals surface area contributed by atoms with E-state index in [9.17, 15) is 44.5 Å². The standard InChI is InChI=1S/C32H35ClN8O9S2/c1-3-39-11-15(25(43)20-18(39)10-19(42)26(44)21(20)33)27(45)35-6-9-41(7-4-5-8-41)12-16-14(2)52-30-23(29(47)40(30)24(16)31(48)49)37-28(46)22(38-50)17-13-51-32(34)36-17/h10-11,13-14,23,30H,3-9,12H2,1-2H3,(H7-,34,35,36,37,38,42,43,44,45,46,48,49,50)/p+1/t14-,23+,30+/m0/s1. The fraction of sp³-hybridized carbons (Fsp3) is 0.406. The van der Waals surface area contributed by atoms with E-state index in [1.807, 2.05) is 6.92 Å². The van der Waals surface area contributed by atoms with Crippen LogP contribution in [0.15, 0.2) is 38.9 Å². The first-order valence-corrected chi connectivity index (χ1v) is 18.5. The maximum atomic E-state index is 13.4. The molecule has 8 N–H and O–H groups in total. The summed E-state index contributed by atoms with van der Waals surface area (Å²) in [5.41, 5.74) is 4.99. The number of likely N-dealkylation sites (tertiary alicyclic amines) is 1. The van der Waals surface area contributed by atoms with E-state index in [2.05, 4.69) is 20.8 Å². The number of nitrogens with one attached hydrogen (secondary N) is 2. The zero-order valence-electron chi connectivity index (χ0n) is 28.0. The number of nitrogens with two attached hydrogens (primary N) is 1. The highest BCUT2D eigenvalue weighted by molar-refractivity contribution is 8.00. The molecule has 5 heterocycles. The Morgan fingerprint density at radius 2 is 1.92 bits per heavy atom. The van der Waals surface area contributed by atoms with Gasteiger partial charge in [0, 0.05) is 47.9 Å². The number of aliphatic carboxylic acids is 1. The number of anilines is 1. The molecule has 0 bridgehead atoms. The van der Waals surface area contributed by atoms with E-state index < -0.39 is 57.7 Å². The van der Waals surface area contributed by atoms with Gasteiger partial charge in [-0.15, -0.1) is 23.1 Å². The summed E-state index contributed by atoms with van der Waals surface area (Å²) in [5, 5.41) is 48.5. The van der Waals surface area contributed by atoms with Gasteiger partial charge in [0.25, 0.3) is 17.7 Å². The fourth-order valence-electron chi connectivity index (χ4n) is 7.10. The minimum atomic E-state index is -1.28. The number of β-lactam (4-membered cyclic amide) rings is 1. The summed E-state index contributed by atoms with van der Waals surface area (Å²) in [6.45, 7) is 6.20. The number of thiazole rings is 1. The van der Waals surface area contributed by atoms with Crippen LogP contribution in [-0.2, 0) is 20.9 Å². The number of halogens is 1. The molecule has 6 rings (SSSR count). The second-order valence-corrected chi connectivity index (χ2v) is 15.5. The third-order valence-corrected chi connectivity index (χ3v) is 12.2. The summed E-state index contributed by atoms with van der Waals surface area (Å²) in [4.78, 5) is 71.0. The summed E-state index contributed by atoms with van der Waals surface area (Å²) >= 11 is 8.59. The number of benzene rings is 1. The molecule has 3 aliphatic rings. The molecule has 2 saturated heterocycles. The largest absolute Gasteiger partial charge is 0.504 e. The Balaban J connectivity index is 1.19. The maximum Gasteiger partial charge on any atom is 0.352 e. The molecule has 3 aliphatic heterocycles. The van der Waals surface area contributed by atoms with Gasteiger partial charge in [0.05, 0.1) is 42.1 Å².